The molecule has 3 atom stereocenters. The highest BCUT2D eigenvalue weighted by Crippen LogP contribution is 2.36. The standard InChI is InChI=1S/C15H23N3O5.3H3O4P/c1-2-3-4-5-12(21)15(8-10(20)11(9-19)23-15)18-7-6-13(16)17-14(18)22;3*1-5(2,3)4/h6-7,10-11,19-20H,2-5,8-9H2,1H3,(H2,16,17,22);3*(H3,1,2,3,4)/t10-,11+,15-;;;/m0.../s1. The Kier molecular flexibility index (Phi) is 16.9. The van der Waals surface area contributed by atoms with Gasteiger partial charge in [0.1, 0.15) is 11.9 Å². The van der Waals surface area contributed by atoms with E-state index in [1.807, 2.05) is 6.92 Å². The molecule has 224 valence electrons. The summed E-state index contributed by atoms with van der Waals surface area (Å²) in [6, 6.07) is 1.39. The van der Waals surface area contributed by atoms with Gasteiger partial charge in [0.05, 0.1) is 12.7 Å². The second kappa shape index (κ2) is 16.6. The van der Waals surface area contributed by atoms with Crippen LogP contribution in [0.15, 0.2) is 17.1 Å². The maximum Gasteiger partial charge on any atom is 0.466 e. The first-order valence-corrected chi connectivity index (χ1v) is 14.8. The van der Waals surface area contributed by atoms with E-state index in [0.29, 0.717) is 6.42 Å². The quantitative estimate of drug-likeness (QED) is 0.107. The molecule has 1 aromatic rings. The summed E-state index contributed by atoms with van der Waals surface area (Å²) in [6.07, 6.45) is 1.99. The molecule has 0 saturated carbocycles. The van der Waals surface area contributed by atoms with Gasteiger partial charge in [-0.1, -0.05) is 19.8 Å². The lowest BCUT2D eigenvalue weighted by Gasteiger charge is -2.29. The van der Waals surface area contributed by atoms with Crippen LogP contribution in [0.2, 0.25) is 0 Å². The van der Waals surface area contributed by atoms with Crippen molar-refractivity contribution in [2.45, 2.75) is 57.0 Å². The van der Waals surface area contributed by atoms with Gasteiger partial charge in [-0.25, -0.2) is 18.5 Å². The van der Waals surface area contributed by atoms with Gasteiger partial charge in [0.15, 0.2) is 5.78 Å². The number of ether oxygens (including phenoxy) is 1. The Morgan fingerprint density at radius 3 is 1.84 bits per heavy atom. The third kappa shape index (κ3) is 19.6. The zero-order valence-electron chi connectivity index (χ0n) is 19.7. The fraction of sp³-hybridized carbons (Fsp3) is 0.667. The molecule has 0 radical (unpaired) electrons. The number of carbonyl (C=O) groups is 1. The molecule has 0 unspecified atom stereocenters. The molecule has 0 bridgehead atoms. The number of nitrogens with zero attached hydrogens (tertiary/aromatic N) is 2. The van der Waals surface area contributed by atoms with Gasteiger partial charge >= 0.3 is 29.2 Å². The number of aliphatic hydroxyl groups is 2. The van der Waals surface area contributed by atoms with Crippen molar-refractivity contribution in [3.05, 3.63) is 22.7 Å². The smallest absolute Gasteiger partial charge is 0.394 e. The summed E-state index contributed by atoms with van der Waals surface area (Å²) in [4.78, 5) is 93.2. The summed E-state index contributed by atoms with van der Waals surface area (Å²) < 4.78 is 33.4. The van der Waals surface area contributed by atoms with Crippen LogP contribution < -0.4 is 11.4 Å². The summed E-state index contributed by atoms with van der Waals surface area (Å²) >= 11 is 0. The number of unbranched alkanes of at least 4 members (excludes halogenated alkanes) is 2. The lowest BCUT2D eigenvalue weighted by molar-refractivity contribution is -0.162. The molecular weight excluding hydrogens is 587 g/mol. The van der Waals surface area contributed by atoms with Gasteiger partial charge < -0.3 is 64.7 Å². The third-order valence-corrected chi connectivity index (χ3v) is 4.10. The number of carbonyl (C=O) groups excluding carboxylic acids is 1. The van der Waals surface area contributed by atoms with Crippen molar-refractivity contribution in [2.24, 2.45) is 0 Å². The summed E-state index contributed by atoms with van der Waals surface area (Å²) in [5.41, 5.74) is 3.12. The lowest BCUT2D eigenvalue weighted by Crippen LogP contribution is -2.48. The van der Waals surface area contributed by atoms with Gasteiger partial charge in [0, 0.05) is 19.0 Å². The molecule has 0 amide bonds. The second-order valence-electron chi connectivity index (χ2n) is 7.32. The van der Waals surface area contributed by atoms with Crippen molar-refractivity contribution in [1.82, 2.24) is 9.55 Å². The fourth-order valence-electron chi connectivity index (χ4n) is 2.84. The Labute approximate surface area is 214 Å². The molecule has 13 N–H and O–H groups in total. The van der Waals surface area contributed by atoms with Gasteiger partial charge in [0.2, 0.25) is 5.72 Å². The summed E-state index contributed by atoms with van der Waals surface area (Å²) in [6.45, 7) is 1.58. The number of hydrogen-bond acceptors (Lipinski definition) is 10. The first-order chi connectivity index (χ1) is 16.9. The second-order valence-corrected chi connectivity index (χ2v) is 10.4. The van der Waals surface area contributed by atoms with Crippen molar-refractivity contribution >= 4 is 35.1 Å². The van der Waals surface area contributed by atoms with Crippen molar-refractivity contribution in [2.75, 3.05) is 12.3 Å². The van der Waals surface area contributed by atoms with Crippen molar-refractivity contribution in [3.8, 4) is 0 Å². The van der Waals surface area contributed by atoms with Gasteiger partial charge in [-0.3, -0.25) is 9.36 Å². The Morgan fingerprint density at radius 1 is 1.05 bits per heavy atom. The highest BCUT2D eigenvalue weighted by Gasteiger charge is 2.52. The van der Waals surface area contributed by atoms with Crippen LogP contribution in [0, 0.1) is 0 Å². The first-order valence-electron chi connectivity index (χ1n) is 10.1. The van der Waals surface area contributed by atoms with E-state index < -0.39 is 53.7 Å². The largest absolute Gasteiger partial charge is 0.466 e. The van der Waals surface area contributed by atoms with E-state index in [1.54, 1.807) is 0 Å². The van der Waals surface area contributed by atoms with Crippen LogP contribution in [0.3, 0.4) is 0 Å². The van der Waals surface area contributed by atoms with E-state index in [9.17, 15) is 19.8 Å². The number of nitrogens with two attached hydrogens (primary N) is 1. The molecule has 38 heavy (non-hydrogen) atoms. The van der Waals surface area contributed by atoms with Crippen LogP contribution in [0.25, 0.3) is 0 Å². The van der Waals surface area contributed by atoms with E-state index in [1.165, 1.54) is 12.3 Å². The number of aliphatic hydroxyl groups excluding tert-OH is 2. The van der Waals surface area contributed by atoms with Crippen LogP contribution in [-0.2, 0) is 29.0 Å². The number of rotatable bonds is 7. The molecule has 1 fully saturated rings. The van der Waals surface area contributed by atoms with Crippen LogP contribution in [0.1, 0.15) is 39.0 Å². The maximum atomic E-state index is 12.8. The normalized spacial score (nSPS) is 21.2. The maximum absolute atomic E-state index is 12.8. The molecule has 2 heterocycles. The van der Waals surface area contributed by atoms with E-state index in [0.717, 1.165) is 17.4 Å². The van der Waals surface area contributed by atoms with Gasteiger partial charge in [0.25, 0.3) is 0 Å². The predicted molar refractivity (Wildman–Crippen MR) is 125 cm³/mol. The molecule has 1 aliphatic rings. The van der Waals surface area contributed by atoms with E-state index >= 15 is 0 Å². The van der Waals surface area contributed by atoms with Gasteiger partial charge in [-0.2, -0.15) is 4.98 Å². The summed E-state index contributed by atoms with van der Waals surface area (Å²) in [5, 5.41) is 19.4. The highest BCUT2D eigenvalue weighted by molar-refractivity contribution is 7.45. The monoisotopic (exact) mass is 619 g/mol. The lowest BCUT2D eigenvalue weighted by atomic mass is 9.97. The Morgan fingerprint density at radius 2 is 1.50 bits per heavy atom. The summed E-state index contributed by atoms with van der Waals surface area (Å²) in [7, 11) is -13.9. The number of hydrogen-bond donors (Lipinski definition) is 12. The van der Waals surface area contributed by atoms with Gasteiger partial charge in [-0.05, 0) is 12.5 Å². The number of Topliss-reactive ketones (excluding diaryl/α,β-unsaturated/α-hetero) is 1. The highest BCUT2D eigenvalue weighted by atomic mass is 31.2. The minimum atomic E-state index is -4.64. The number of ketones is 1. The molecular formula is C15H32N3O17P3. The van der Waals surface area contributed by atoms with Crippen LogP contribution in [-0.4, -0.2) is 88.4 Å². The number of anilines is 1. The minimum absolute atomic E-state index is 0.0390. The molecule has 1 aliphatic heterocycles. The molecule has 1 saturated heterocycles. The van der Waals surface area contributed by atoms with Crippen molar-refractivity contribution in [3.63, 3.8) is 0 Å². The SMILES string of the molecule is CCCCCC(=O)[C@]1(n2ccc(N)nc2=O)C[C@H](O)[C@@H](CO)O1.O=P(O)(O)O.O=P(O)(O)O.O=P(O)(O)O. The zero-order chi connectivity index (χ0) is 30.5. The molecule has 2 rings (SSSR count). The third-order valence-electron chi connectivity index (χ3n) is 4.10. The van der Waals surface area contributed by atoms with Crippen LogP contribution in [0.4, 0.5) is 5.82 Å². The van der Waals surface area contributed by atoms with Crippen molar-refractivity contribution < 1.29 is 77.5 Å². The van der Waals surface area contributed by atoms with Crippen LogP contribution in [0.5, 0.6) is 0 Å². The Bertz CT molecular complexity index is 994. The average Bonchev–Trinajstić information content (AvgIpc) is 3.01. The molecule has 1 aromatic heterocycles. The summed E-state index contributed by atoms with van der Waals surface area (Å²) in [5.74, 6) is -0.272. The number of nitrogen functional groups attached to an aromatic ring is 1. The topological polar surface area (TPSA) is 361 Å². The number of phosphoric acid groups is 3. The average molecular weight is 619 g/mol. The molecule has 20 nitrogen and oxygen atoms in total. The van der Waals surface area contributed by atoms with E-state index in [4.69, 9.17) is 68.2 Å². The Balaban J connectivity index is 0. The zero-order valence-corrected chi connectivity index (χ0v) is 22.4. The van der Waals surface area contributed by atoms with E-state index in [2.05, 4.69) is 4.98 Å². The molecule has 0 aliphatic carbocycles. The molecule has 0 spiro atoms. The predicted octanol–water partition coefficient (Wildman–Crippen LogP) is -3.02. The van der Waals surface area contributed by atoms with Crippen molar-refractivity contribution in [1.29, 1.82) is 0 Å². The molecule has 0 aromatic carbocycles. The number of aromatic nitrogens is 2. The minimum Gasteiger partial charge on any atom is -0.394 e. The Hall–Kier alpha value is -1.44. The van der Waals surface area contributed by atoms with Crippen LogP contribution >= 0.6 is 23.5 Å². The molecule has 23 heteroatoms. The fourth-order valence-corrected chi connectivity index (χ4v) is 2.84. The van der Waals surface area contributed by atoms with E-state index in [-0.39, 0.29) is 24.4 Å². The first kappa shape index (κ1) is 38.7. The van der Waals surface area contributed by atoms with Gasteiger partial charge in [-0.15, -0.1) is 0 Å².